The van der Waals surface area contributed by atoms with Gasteiger partial charge in [-0.05, 0) is 25.3 Å². The van der Waals surface area contributed by atoms with Gasteiger partial charge in [-0.25, -0.2) is 9.78 Å². The fourth-order valence-electron chi connectivity index (χ4n) is 3.49. The molecule has 1 unspecified atom stereocenters. The molecule has 0 spiro atoms. The van der Waals surface area contributed by atoms with Crippen LogP contribution in [0.3, 0.4) is 0 Å². The van der Waals surface area contributed by atoms with E-state index in [0.717, 1.165) is 48.3 Å². The number of H-pyrrole nitrogens is 1. The molecule has 2 amide bonds. The van der Waals surface area contributed by atoms with E-state index in [1.807, 2.05) is 37.3 Å². The number of ether oxygens (including phenoxy) is 1. The number of nitrogens with zero attached hydrogens (tertiary/aromatic N) is 2. The number of carbonyl (C=O) groups excluding carboxylic acids is 1. The number of benzene rings is 1. The van der Waals surface area contributed by atoms with Crippen molar-refractivity contribution < 1.29 is 9.53 Å². The van der Waals surface area contributed by atoms with E-state index in [2.05, 4.69) is 31.1 Å². The smallest absolute Gasteiger partial charge is 0.320 e. The van der Waals surface area contributed by atoms with Crippen molar-refractivity contribution >= 4 is 28.6 Å². The van der Waals surface area contributed by atoms with Gasteiger partial charge in [0.2, 0.25) is 0 Å². The summed E-state index contributed by atoms with van der Waals surface area (Å²) in [5, 5.41) is 17.1. The van der Waals surface area contributed by atoms with E-state index in [1.54, 1.807) is 12.3 Å². The first kappa shape index (κ1) is 18.2. The molecule has 2 aromatic heterocycles. The van der Waals surface area contributed by atoms with E-state index >= 15 is 0 Å². The van der Waals surface area contributed by atoms with Crippen LogP contribution in [0, 0.1) is 0 Å². The number of hydrogen-bond donors (Lipinski definition) is 4. The van der Waals surface area contributed by atoms with Crippen molar-refractivity contribution in [2.75, 3.05) is 23.8 Å². The van der Waals surface area contributed by atoms with Crippen molar-refractivity contribution in [3.63, 3.8) is 0 Å². The van der Waals surface area contributed by atoms with Crippen molar-refractivity contribution in [2.45, 2.75) is 31.9 Å². The number of rotatable bonds is 6. The van der Waals surface area contributed by atoms with Gasteiger partial charge < -0.3 is 15.4 Å². The third-order valence-corrected chi connectivity index (χ3v) is 4.82. The minimum Gasteiger partial charge on any atom is -0.376 e. The molecule has 0 saturated carbocycles. The average molecular weight is 380 g/mol. The highest BCUT2D eigenvalue weighted by molar-refractivity contribution is 5.94. The van der Waals surface area contributed by atoms with Gasteiger partial charge in [-0.15, -0.1) is 0 Å². The maximum atomic E-state index is 12.6. The number of anilines is 2. The summed E-state index contributed by atoms with van der Waals surface area (Å²) in [4.78, 5) is 17.0. The summed E-state index contributed by atoms with van der Waals surface area (Å²) >= 11 is 0. The molecule has 28 heavy (non-hydrogen) atoms. The van der Waals surface area contributed by atoms with Crippen LogP contribution in [0.4, 0.5) is 16.4 Å². The Hall–Kier alpha value is -3.13. The molecule has 1 saturated heterocycles. The van der Waals surface area contributed by atoms with E-state index < -0.39 is 0 Å². The second-order valence-corrected chi connectivity index (χ2v) is 6.76. The van der Waals surface area contributed by atoms with Crippen LogP contribution in [0.5, 0.6) is 0 Å². The highest BCUT2D eigenvalue weighted by atomic mass is 16.5. The van der Waals surface area contributed by atoms with Gasteiger partial charge in [0.15, 0.2) is 5.82 Å². The van der Waals surface area contributed by atoms with Gasteiger partial charge in [0.25, 0.3) is 0 Å². The van der Waals surface area contributed by atoms with Crippen LogP contribution in [-0.2, 0) is 4.74 Å². The van der Waals surface area contributed by atoms with E-state index in [0.29, 0.717) is 5.82 Å². The SMILES string of the molecule is CCNc1n[nH]c2cc(NC(=O)NC(c3ccccc3)[C@@H]3CCCO3)ncc12. The lowest BCUT2D eigenvalue weighted by Crippen LogP contribution is -2.38. The minimum absolute atomic E-state index is 0.0288. The molecule has 0 bridgehead atoms. The van der Waals surface area contributed by atoms with Gasteiger partial charge >= 0.3 is 6.03 Å². The first-order chi connectivity index (χ1) is 13.7. The zero-order chi connectivity index (χ0) is 19.3. The molecular formula is C20H24N6O2. The Labute approximate surface area is 163 Å². The molecule has 0 aliphatic carbocycles. The van der Waals surface area contributed by atoms with Crippen LogP contribution >= 0.6 is 0 Å². The van der Waals surface area contributed by atoms with Crippen LogP contribution in [0.25, 0.3) is 10.9 Å². The van der Waals surface area contributed by atoms with Gasteiger partial charge in [-0.3, -0.25) is 10.4 Å². The summed E-state index contributed by atoms with van der Waals surface area (Å²) in [6, 6.07) is 11.1. The van der Waals surface area contributed by atoms with Crippen LogP contribution < -0.4 is 16.0 Å². The highest BCUT2D eigenvalue weighted by Crippen LogP contribution is 2.27. The summed E-state index contributed by atoms with van der Waals surface area (Å²) in [6.45, 7) is 3.50. The third-order valence-electron chi connectivity index (χ3n) is 4.82. The number of nitrogens with one attached hydrogen (secondary N) is 4. The maximum Gasteiger partial charge on any atom is 0.320 e. The average Bonchev–Trinajstić information content (AvgIpc) is 3.37. The van der Waals surface area contributed by atoms with Crippen molar-refractivity contribution in [1.82, 2.24) is 20.5 Å². The molecule has 1 aliphatic rings. The van der Waals surface area contributed by atoms with Gasteiger partial charge in [-0.2, -0.15) is 5.10 Å². The molecule has 8 heteroatoms. The Bertz CT molecular complexity index is 936. The Kier molecular flexibility index (Phi) is 5.38. The number of fused-ring (bicyclic) bond motifs is 1. The third kappa shape index (κ3) is 3.91. The van der Waals surface area contributed by atoms with Crippen LogP contribution in [-0.4, -0.2) is 40.5 Å². The van der Waals surface area contributed by atoms with E-state index in [-0.39, 0.29) is 18.2 Å². The lowest BCUT2D eigenvalue weighted by atomic mass is 9.99. The molecule has 1 aromatic carbocycles. The topological polar surface area (TPSA) is 104 Å². The Morgan fingerprint density at radius 1 is 1.36 bits per heavy atom. The zero-order valence-corrected chi connectivity index (χ0v) is 15.7. The molecule has 8 nitrogen and oxygen atoms in total. The van der Waals surface area contributed by atoms with Crippen molar-refractivity contribution in [3.8, 4) is 0 Å². The second kappa shape index (κ2) is 8.26. The summed E-state index contributed by atoms with van der Waals surface area (Å²) in [5.74, 6) is 1.21. The lowest BCUT2D eigenvalue weighted by molar-refractivity contribution is 0.0815. The van der Waals surface area contributed by atoms with Gasteiger partial charge in [0, 0.05) is 25.4 Å². The molecule has 3 aromatic rings. The van der Waals surface area contributed by atoms with Gasteiger partial charge in [0.1, 0.15) is 5.82 Å². The monoisotopic (exact) mass is 380 g/mol. The van der Waals surface area contributed by atoms with Crippen molar-refractivity contribution in [2.24, 2.45) is 0 Å². The normalized spacial score (nSPS) is 17.4. The minimum atomic E-state index is -0.317. The second-order valence-electron chi connectivity index (χ2n) is 6.76. The van der Waals surface area contributed by atoms with Crippen molar-refractivity contribution in [3.05, 3.63) is 48.2 Å². The number of pyridine rings is 1. The van der Waals surface area contributed by atoms with Crippen LogP contribution in [0.2, 0.25) is 0 Å². The summed E-state index contributed by atoms with van der Waals surface area (Å²) in [7, 11) is 0. The maximum absolute atomic E-state index is 12.6. The molecule has 2 atom stereocenters. The van der Waals surface area contributed by atoms with Crippen LogP contribution in [0.1, 0.15) is 31.4 Å². The van der Waals surface area contributed by atoms with E-state index in [9.17, 15) is 4.79 Å². The highest BCUT2D eigenvalue weighted by Gasteiger charge is 2.28. The molecule has 0 radical (unpaired) electrons. The molecule has 1 fully saturated rings. The summed E-state index contributed by atoms with van der Waals surface area (Å²) < 4.78 is 5.83. The molecule has 4 rings (SSSR count). The molecule has 4 N–H and O–H groups in total. The molecular weight excluding hydrogens is 356 g/mol. The number of aromatic nitrogens is 3. The summed E-state index contributed by atoms with van der Waals surface area (Å²) in [6.07, 6.45) is 3.59. The summed E-state index contributed by atoms with van der Waals surface area (Å²) in [5.41, 5.74) is 1.83. The Morgan fingerprint density at radius 2 is 2.21 bits per heavy atom. The molecule has 146 valence electrons. The number of amides is 2. The van der Waals surface area contributed by atoms with Gasteiger partial charge in [0.05, 0.1) is 23.0 Å². The predicted octanol–water partition coefficient (Wildman–Crippen LogP) is 3.43. The molecule has 3 heterocycles. The first-order valence-electron chi connectivity index (χ1n) is 9.56. The Morgan fingerprint density at radius 3 is 2.96 bits per heavy atom. The fourth-order valence-corrected chi connectivity index (χ4v) is 3.49. The van der Waals surface area contributed by atoms with E-state index in [4.69, 9.17) is 4.74 Å². The molecule has 1 aliphatic heterocycles. The van der Waals surface area contributed by atoms with Crippen LogP contribution in [0.15, 0.2) is 42.6 Å². The first-order valence-corrected chi connectivity index (χ1v) is 9.56. The van der Waals surface area contributed by atoms with Gasteiger partial charge in [-0.1, -0.05) is 30.3 Å². The Balaban J connectivity index is 1.48. The number of aromatic amines is 1. The fraction of sp³-hybridized carbons (Fsp3) is 0.350. The van der Waals surface area contributed by atoms with E-state index in [1.165, 1.54) is 0 Å². The largest absolute Gasteiger partial charge is 0.376 e. The number of hydrogen-bond acceptors (Lipinski definition) is 5. The lowest BCUT2D eigenvalue weighted by Gasteiger charge is -2.24. The van der Waals surface area contributed by atoms with Crippen molar-refractivity contribution in [1.29, 1.82) is 0 Å². The standard InChI is InChI=1S/C20H24N6O2/c1-2-21-19-14-12-22-17(11-15(14)25-26-19)23-20(27)24-18(16-9-6-10-28-16)13-7-4-3-5-8-13/h3-5,7-8,11-12,16,18H,2,6,9-10H2,1H3,(H2,21,25,26)(H2,22,23,24,27)/t16-,18?/m0/s1. The zero-order valence-electron chi connectivity index (χ0n) is 15.7. The number of carbonyl (C=O) groups is 1. The predicted molar refractivity (Wildman–Crippen MR) is 108 cm³/mol. The quantitative estimate of drug-likeness (QED) is 0.524. The number of urea groups is 1.